The average Bonchev–Trinajstić information content (AvgIpc) is 2.47. The summed E-state index contributed by atoms with van der Waals surface area (Å²) in [5.74, 6) is -0.875. The van der Waals surface area contributed by atoms with Gasteiger partial charge in [0.15, 0.2) is 0 Å². The van der Waals surface area contributed by atoms with Crippen molar-refractivity contribution in [3.63, 3.8) is 0 Å². The predicted molar refractivity (Wildman–Crippen MR) is 48.5 cm³/mol. The minimum absolute atomic E-state index is 0.237. The van der Waals surface area contributed by atoms with E-state index in [0.29, 0.717) is 18.7 Å². The van der Waals surface area contributed by atoms with E-state index in [1.54, 1.807) is 13.0 Å². The third-order valence-corrected chi connectivity index (χ3v) is 2.24. The van der Waals surface area contributed by atoms with E-state index in [2.05, 4.69) is 0 Å². The molecule has 13 heavy (non-hydrogen) atoms. The lowest BCUT2D eigenvalue weighted by atomic mass is 10.3. The van der Waals surface area contributed by atoms with Gasteiger partial charge in [0.1, 0.15) is 0 Å². The van der Waals surface area contributed by atoms with Crippen LogP contribution in [-0.2, 0) is 4.79 Å². The lowest BCUT2D eigenvalue weighted by Crippen LogP contribution is -2.22. The third-order valence-electron chi connectivity index (χ3n) is 2.24. The topological polar surface area (TPSA) is 60.8 Å². The van der Waals surface area contributed by atoms with Crippen molar-refractivity contribution >= 4 is 5.97 Å². The Balaban J connectivity index is 2.34. The molecule has 1 aliphatic rings. The number of aliphatic carboxylic acids is 1. The number of rotatable bonds is 3. The largest absolute Gasteiger partial charge is 0.478 e. The number of nitrogens with zero attached hydrogens (tertiary/aromatic N) is 1. The van der Waals surface area contributed by atoms with Crippen molar-refractivity contribution in [2.75, 3.05) is 19.6 Å². The maximum Gasteiger partial charge on any atom is 0.330 e. The van der Waals surface area contributed by atoms with Crippen molar-refractivity contribution in [1.82, 2.24) is 4.90 Å². The van der Waals surface area contributed by atoms with Gasteiger partial charge < -0.3 is 10.2 Å². The number of aliphatic hydroxyl groups excluding tert-OH is 1. The lowest BCUT2D eigenvalue weighted by Gasteiger charge is -2.11. The van der Waals surface area contributed by atoms with Gasteiger partial charge in [-0.2, -0.15) is 0 Å². The molecule has 0 aromatic rings. The van der Waals surface area contributed by atoms with Crippen LogP contribution in [0.15, 0.2) is 11.6 Å². The normalized spacial score (nSPS) is 25.1. The standard InChI is InChI=1S/C9H15NO3/c1-7(9(12)13)2-4-10-5-3-8(11)6-10/h2,8,11H,3-6H2,1H3,(H,12,13)/b7-2+. The van der Waals surface area contributed by atoms with Crippen LogP contribution in [0, 0.1) is 0 Å². The van der Waals surface area contributed by atoms with Gasteiger partial charge in [0.2, 0.25) is 0 Å². The Morgan fingerprint density at radius 2 is 2.38 bits per heavy atom. The van der Waals surface area contributed by atoms with Crippen molar-refractivity contribution in [2.24, 2.45) is 0 Å². The van der Waals surface area contributed by atoms with E-state index in [0.717, 1.165) is 13.0 Å². The molecule has 0 aliphatic carbocycles. The van der Waals surface area contributed by atoms with E-state index in [4.69, 9.17) is 5.11 Å². The highest BCUT2D eigenvalue weighted by atomic mass is 16.4. The lowest BCUT2D eigenvalue weighted by molar-refractivity contribution is -0.132. The Morgan fingerprint density at radius 3 is 2.85 bits per heavy atom. The first-order chi connectivity index (χ1) is 6.09. The van der Waals surface area contributed by atoms with E-state index < -0.39 is 5.97 Å². The van der Waals surface area contributed by atoms with Crippen LogP contribution in [-0.4, -0.2) is 46.8 Å². The number of likely N-dealkylation sites (tertiary alicyclic amines) is 1. The Hall–Kier alpha value is -0.870. The Morgan fingerprint density at radius 1 is 1.69 bits per heavy atom. The van der Waals surface area contributed by atoms with Gasteiger partial charge >= 0.3 is 5.97 Å². The van der Waals surface area contributed by atoms with Crippen molar-refractivity contribution < 1.29 is 15.0 Å². The molecule has 1 heterocycles. The minimum Gasteiger partial charge on any atom is -0.478 e. The first-order valence-electron chi connectivity index (χ1n) is 4.40. The molecular formula is C9H15NO3. The van der Waals surface area contributed by atoms with Gasteiger partial charge in [-0.1, -0.05) is 6.08 Å². The van der Waals surface area contributed by atoms with Crippen LogP contribution in [0.25, 0.3) is 0 Å². The molecule has 1 saturated heterocycles. The molecule has 4 nitrogen and oxygen atoms in total. The summed E-state index contributed by atoms with van der Waals surface area (Å²) in [5, 5.41) is 17.8. The molecule has 0 aromatic carbocycles. The molecule has 1 fully saturated rings. The summed E-state index contributed by atoms with van der Waals surface area (Å²) in [6, 6.07) is 0. The molecule has 0 radical (unpaired) electrons. The average molecular weight is 185 g/mol. The van der Waals surface area contributed by atoms with Gasteiger partial charge in [-0.25, -0.2) is 4.79 Å². The van der Waals surface area contributed by atoms with Gasteiger partial charge in [0.25, 0.3) is 0 Å². The van der Waals surface area contributed by atoms with Gasteiger partial charge in [0, 0.05) is 25.2 Å². The zero-order valence-corrected chi connectivity index (χ0v) is 7.73. The van der Waals surface area contributed by atoms with Gasteiger partial charge in [-0.15, -0.1) is 0 Å². The number of aliphatic hydroxyl groups is 1. The van der Waals surface area contributed by atoms with E-state index in [1.165, 1.54) is 0 Å². The third kappa shape index (κ3) is 3.16. The first-order valence-corrected chi connectivity index (χ1v) is 4.40. The fourth-order valence-electron chi connectivity index (χ4n) is 1.33. The molecule has 1 unspecified atom stereocenters. The highest BCUT2D eigenvalue weighted by molar-refractivity contribution is 5.85. The molecule has 0 bridgehead atoms. The van der Waals surface area contributed by atoms with E-state index in [1.807, 2.05) is 4.90 Å². The number of β-amino-alcohol motifs (C(OH)–C–C–N with tert-alkyl or cyclic N) is 1. The summed E-state index contributed by atoms with van der Waals surface area (Å²) in [6.07, 6.45) is 2.24. The van der Waals surface area contributed by atoms with Gasteiger partial charge in [-0.05, 0) is 13.3 Å². The Labute approximate surface area is 77.5 Å². The molecule has 0 amide bonds. The molecule has 1 atom stereocenters. The summed E-state index contributed by atoms with van der Waals surface area (Å²) in [7, 11) is 0. The van der Waals surface area contributed by atoms with Gasteiger partial charge in [0.05, 0.1) is 6.10 Å². The second-order valence-electron chi connectivity index (χ2n) is 3.39. The molecule has 2 N–H and O–H groups in total. The second kappa shape index (κ2) is 4.39. The Kier molecular flexibility index (Phi) is 3.45. The highest BCUT2D eigenvalue weighted by Gasteiger charge is 2.18. The van der Waals surface area contributed by atoms with E-state index in [9.17, 15) is 9.90 Å². The first kappa shape index (κ1) is 10.2. The van der Waals surface area contributed by atoms with Crippen LogP contribution >= 0.6 is 0 Å². The molecular weight excluding hydrogens is 170 g/mol. The molecule has 1 aliphatic heterocycles. The van der Waals surface area contributed by atoms with Crippen molar-refractivity contribution in [3.8, 4) is 0 Å². The zero-order valence-electron chi connectivity index (χ0n) is 7.73. The van der Waals surface area contributed by atoms with Crippen LogP contribution in [0.1, 0.15) is 13.3 Å². The molecule has 0 saturated carbocycles. The maximum atomic E-state index is 10.4. The molecule has 74 valence electrons. The smallest absolute Gasteiger partial charge is 0.330 e. The number of hydrogen-bond acceptors (Lipinski definition) is 3. The van der Waals surface area contributed by atoms with Crippen LogP contribution in [0.2, 0.25) is 0 Å². The number of hydrogen-bond donors (Lipinski definition) is 2. The highest BCUT2D eigenvalue weighted by Crippen LogP contribution is 2.08. The SMILES string of the molecule is C/C(=C\CN1CCC(O)C1)C(=O)O. The zero-order chi connectivity index (χ0) is 9.84. The second-order valence-corrected chi connectivity index (χ2v) is 3.39. The predicted octanol–water partition coefficient (Wildman–Crippen LogP) is 0.0839. The molecule has 1 rings (SSSR count). The van der Waals surface area contributed by atoms with Gasteiger partial charge in [-0.3, -0.25) is 4.90 Å². The molecule has 0 aromatic heterocycles. The van der Waals surface area contributed by atoms with E-state index >= 15 is 0 Å². The van der Waals surface area contributed by atoms with Crippen LogP contribution in [0.5, 0.6) is 0 Å². The molecule has 0 spiro atoms. The quantitative estimate of drug-likeness (QED) is 0.611. The van der Waals surface area contributed by atoms with Crippen LogP contribution in [0.4, 0.5) is 0 Å². The summed E-state index contributed by atoms with van der Waals surface area (Å²) < 4.78 is 0. The summed E-state index contributed by atoms with van der Waals surface area (Å²) in [6.45, 7) is 3.71. The summed E-state index contributed by atoms with van der Waals surface area (Å²) in [4.78, 5) is 12.5. The number of carboxylic acid groups (broad SMARTS) is 1. The van der Waals surface area contributed by atoms with Crippen LogP contribution in [0.3, 0.4) is 0 Å². The number of carboxylic acids is 1. The maximum absolute atomic E-state index is 10.4. The minimum atomic E-state index is -0.875. The summed E-state index contributed by atoms with van der Waals surface area (Å²) in [5.41, 5.74) is 0.362. The van der Waals surface area contributed by atoms with E-state index in [-0.39, 0.29) is 6.10 Å². The van der Waals surface area contributed by atoms with Crippen molar-refractivity contribution in [2.45, 2.75) is 19.4 Å². The number of carbonyl (C=O) groups is 1. The van der Waals surface area contributed by atoms with Crippen molar-refractivity contribution in [1.29, 1.82) is 0 Å². The fraction of sp³-hybridized carbons (Fsp3) is 0.667. The molecule has 4 heteroatoms. The Bertz CT molecular complexity index is 225. The van der Waals surface area contributed by atoms with Crippen LogP contribution < -0.4 is 0 Å². The monoisotopic (exact) mass is 185 g/mol. The van der Waals surface area contributed by atoms with Crippen molar-refractivity contribution in [3.05, 3.63) is 11.6 Å². The summed E-state index contributed by atoms with van der Waals surface area (Å²) >= 11 is 0. The fourth-order valence-corrected chi connectivity index (χ4v) is 1.33.